The van der Waals surface area contributed by atoms with E-state index in [-0.39, 0.29) is 11.8 Å². The molecule has 15 heavy (non-hydrogen) atoms. The molecular weight excluding hydrogens is 212 g/mol. The largest absolute Gasteiger partial charge is 0.359 e. The minimum absolute atomic E-state index is 0.000345. The lowest BCUT2D eigenvalue weighted by Gasteiger charge is -2.02. The summed E-state index contributed by atoms with van der Waals surface area (Å²) >= 11 is 1.41. The Bertz CT molecular complexity index is 322. The Morgan fingerprint density at radius 3 is 2.87 bits per heavy atom. The highest BCUT2D eigenvalue weighted by atomic mass is 32.1. The van der Waals surface area contributed by atoms with E-state index in [1.54, 1.807) is 13.1 Å². The van der Waals surface area contributed by atoms with Gasteiger partial charge >= 0.3 is 0 Å². The van der Waals surface area contributed by atoms with Crippen molar-refractivity contribution in [2.45, 2.75) is 12.8 Å². The van der Waals surface area contributed by atoms with Gasteiger partial charge in [0, 0.05) is 20.0 Å². The van der Waals surface area contributed by atoms with E-state index in [1.165, 1.54) is 11.3 Å². The molecule has 0 bridgehead atoms. The maximum Gasteiger partial charge on any atom is 0.261 e. The number of thiophene rings is 1. The van der Waals surface area contributed by atoms with E-state index in [1.807, 2.05) is 11.4 Å². The molecule has 0 unspecified atom stereocenters. The van der Waals surface area contributed by atoms with Crippen molar-refractivity contribution in [2.24, 2.45) is 0 Å². The average Bonchev–Trinajstić information content (AvgIpc) is 2.77. The van der Waals surface area contributed by atoms with Gasteiger partial charge in [0.1, 0.15) is 0 Å². The van der Waals surface area contributed by atoms with Gasteiger partial charge in [0.15, 0.2) is 0 Å². The van der Waals surface area contributed by atoms with Gasteiger partial charge < -0.3 is 10.6 Å². The number of amides is 2. The van der Waals surface area contributed by atoms with E-state index in [2.05, 4.69) is 10.6 Å². The van der Waals surface area contributed by atoms with Gasteiger partial charge in [0.05, 0.1) is 4.88 Å². The van der Waals surface area contributed by atoms with E-state index >= 15 is 0 Å². The number of carbonyl (C=O) groups is 2. The number of hydrogen-bond donors (Lipinski definition) is 2. The van der Waals surface area contributed by atoms with E-state index in [9.17, 15) is 9.59 Å². The minimum Gasteiger partial charge on any atom is -0.359 e. The van der Waals surface area contributed by atoms with Crippen LogP contribution in [0.1, 0.15) is 22.5 Å². The fourth-order valence-corrected chi connectivity index (χ4v) is 1.71. The third kappa shape index (κ3) is 4.12. The van der Waals surface area contributed by atoms with Crippen molar-refractivity contribution in [1.29, 1.82) is 0 Å². The molecule has 2 N–H and O–H groups in total. The first kappa shape index (κ1) is 11.7. The van der Waals surface area contributed by atoms with Crippen LogP contribution in [0.2, 0.25) is 0 Å². The van der Waals surface area contributed by atoms with Crippen molar-refractivity contribution < 1.29 is 9.59 Å². The molecule has 0 aromatic carbocycles. The first-order valence-electron chi connectivity index (χ1n) is 4.76. The van der Waals surface area contributed by atoms with Crippen LogP contribution >= 0.6 is 11.3 Å². The first-order chi connectivity index (χ1) is 7.24. The van der Waals surface area contributed by atoms with Gasteiger partial charge in [0.25, 0.3) is 5.91 Å². The Morgan fingerprint density at radius 2 is 2.27 bits per heavy atom. The van der Waals surface area contributed by atoms with Gasteiger partial charge in [-0.3, -0.25) is 9.59 Å². The van der Waals surface area contributed by atoms with Crippen LogP contribution in [-0.4, -0.2) is 25.4 Å². The second-order valence-electron chi connectivity index (χ2n) is 3.01. The maximum atomic E-state index is 11.4. The lowest BCUT2D eigenvalue weighted by Crippen LogP contribution is -2.25. The smallest absolute Gasteiger partial charge is 0.261 e. The molecule has 1 rings (SSSR count). The molecule has 0 aliphatic carbocycles. The van der Waals surface area contributed by atoms with Crippen LogP contribution in [0, 0.1) is 0 Å². The molecule has 0 fully saturated rings. The average molecular weight is 226 g/mol. The summed E-state index contributed by atoms with van der Waals surface area (Å²) in [5.41, 5.74) is 0. The summed E-state index contributed by atoms with van der Waals surface area (Å²) in [5, 5.41) is 7.15. The Kier molecular flexibility index (Phi) is 4.83. The van der Waals surface area contributed by atoms with Crippen LogP contribution in [0.4, 0.5) is 0 Å². The summed E-state index contributed by atoms with van der Waals surface area (Å²) in [5.74, 6) is -0.0673. The first-order valence-corrected chi connectivity index (χ1v) is 5.64. The fourth-order valence-electron chi connectivity index (χ4n) is 1.07. The van der Waals surface area contributed by atoms with Crippen molar-refractivity contribution in [3.63, 3.8) is 0 Å². The molecule has 82 valence electrons. The molecule has 0 atom stereocenters. The Labute approximate surface area is 92.7 Å². The zero-order chi connectivity index (χ0) is 11.1. The van der Waals surface area contributed by atoms with Crippen LogP contribution in [0.5, 0.6) is 0 Å². The minimum atomic E-state index is -0.0677. The standard InChI is InChI=1S/C10H14N2O2S/c1-11-9(13)5-2-6-12-10(14)8-4-3-7-15-8/h3-4,7H,2,5-6H2,1H3,(H,11,13)(H,12,14). The molecule has 1 aromatic heterocycles. The van der Waals surface area contributed by atoms with Gasteiger partial charge in [-0.25, -0.2) is 0 Å². The predicted octanol–water partition coefficient (Wildman–Crippen LogP) is 1.00. The second-order valence-corrected chi connectivity index (χ2v) is 3.96. The Morgan fingerprint density at radius 1 is 1.47 bits per heavy atom. The molecule has 0 aliphatic heterocycles. The highest BCUT2D eigenvalue weighted by Gasteiger charge is 2.05. The molecule has 4 nitrogen and oxygen atoms in total. The van der Waals surface area contributed by atoms with Crippen molar-refractivity contribution in [3.05, 3.63) is 22.4 Å². The highest BCUT2D eigenvalue weighted by Crippen LogP contribution is 2.07. The van der Waals surface area contributed by atoms with Crippen molar-refractivity contribution in [3.8, 4) is 0 Å². The van der Waals surface area contributed by atoms with Crippen molar-refractivity contribution in [2.75, 3.05) is 13.6 Å². The van der Waals surface area contributed by atoms with Gasteiger partial charge in [-0.1, -0.05) is 6.07 Å². The summed E-state index contributed by atoms with van der Waals surface area (Å²) in [6.45, 7) is 0.532. The maximum absolute atomic E-state index is 11.4. The van der Waals surface area contributed by atoms with E-state index in [4.69, 9.17) is 0 Å². The van der Waals surface area contributed by atoms with Gasteiger partial charge in [-0.2, -0.15) is 0 Å². The second kappa shape index (κ2) is 6.19. The van der Waals surface area contributed by atoms with Gasteiger partial charge in [0.2, 0.25) is 5.91 Å². The zero-order valence-electron chi connectivity index (χ0n) is 8.58. The summed E-state index contributed by atoms with van der Waals surface area (Å²) in [6.07, 6.45) is 1.11. The summed E-state index contributed by atoms with van der Waals surface area (Å²) < 4.78 is 0. The topological polar surface area (TPSA) is 58.2 Å². The SMILES string of the molecule is CNC(=O)CCCNC(=O)c1cccs1. The number of carbonyl (C=O) groups excluding carboxylic acids is 2. The van der Waals surface area contributed by atoms with E-state index in [0.717, 1.165) is 0 Å². The van der Waals surface area contributed by atoms with Gasteiger partial charge in [-0.15, -0.1) is 11.3 Å². The zero-order valence-corrected chi connectivity index (χ0v) is 9.39. The van der Waals surface area contributed by atoms with E-state index in [0.29, 0.717) is 24.3 Å². The number of nitrogens with one attached hydrogen (secondary N) is 2. The summed E-state index contributed by atoms with van der Waals surface area (Å²) in [4.78, 5) is 23.0. The molecule has 0 spiro atoms. The van der Waals surface area contributed by atoms with E-state index < -0.39 is 0 Å². The normalized spacial score (nSPS) is 9.67. The van der Waals surface area contributed by atoms with Gasteiger partial charge in [-0.05, 0) is 17.9 Å². The van der Waals surface area contributed by atoms with Crippen molar-refractivity contribution >= 4 is 23.2 Å². The predicted molar refractivity (Wildman–Crippen MR) is 60.0 cm³/mol. The molecule has 0 saturated carbocycles. The summed E-state index contributed by atoms with van der Waals surface area (Å²) in [6, 6.07) is 3.61. The third-order valence-corrected chi connectivity index (χ3v) is 2.76. The summed E-state index contributed by atoms with van der Waals surface area (Å²) in [7, 11) is 1.60. The van der Waals surface area contributed by atoms with Crippen molar-refractivity contribution in [1.82, 2.24) is 10.6 Å². The Balaban J connectivity index is 2.16. The van der Waals surface area contributed by atoms with Crippen LogP contribution in [0.25, 0.3) is 0 Å². The molecule has 0 aliphatic rings. The number of hydrogen-bond acceptors (Lipinski definition) is 3. The fraction of sp³-hybridized carbons (Fsp3) is 0.400. The molecule has 0 radical (unpaired) electrons. The third-order valence-electron chi connectivity index (χ3n) is 1.89. The monoisotopic (exact) mass is 226 g/mol. The molecule has 0 saturated heterocycles. The molecule has 1 heterocycles. The van der Waals surface area contributed by atoms with Crippen LogP contribution in [0.15, 0.2) is 17.5 Å². The van der Waals surface area contributed by atoms with Crippen LogP contribution in [0.3, 0.4) is 0 Å². The Hall–Kier alpha value is -1.36. The molecule has 5 heteroatoms. The van der Waals surface area contributed by atoms with Crippen LogP contribution < -0.4 is 10.6 Å². The molecular formula is C10H14N2O2S. The van der Waals surface area contributed by atoms with Crippen LogP contribution in [-0.2, 0) is 4.79 Å². The lowest BCUT2D eigenvalue weighted by atomic mass is 10.3. The number of rotatable bonds is 5. The quantitative estimate of drug-likeness (QED) is 0.736. The molecule has 2 amide bonds. The highest BCUT2D eigenvalue weighted by molar-refractivity contribution is 7.12. The lowest BCUT2D eigenvalue weighted by molar-refractivity contribution is -0.120. The molecule has 1 aromatic rings.